The van der Waals surface area contributed by atoms with Crippen LogP contribution in [0, 0.1) is 16.7 Å². The predicted molar refractivity (Wildman–Crippen MR) is 56.4 cm³/mol. The SMILES string of the molecule is C[C@]12CC[C@H]3C[C@@]1(C(N)=O)N(N)C[C@@]32C. The fourth-order valence-corrected chi connectivity index (χ4v) is 4.85. The number of nitrogens with two attached hydrogens (primary N) is 2. The number of carbonyl (C=O) groups is 1. The molecule has 2 saturated carbocycles. The molecule has 0 radical (unpaired) electrons. The Morgan fingerprint density at radius 2 is 2.13 bits per heavy atom. The van der Waals surface area contributed by atoms with Crippen LogP contribution in [0.15, 0.2) is 0 Å². The van der Waals surface area contributed by atoms with Crippen molar-refractivity contribution in [3.8, 4) is 0 Å². The highest BCUT2D eigenvalue weighted by atomic mass is 16.2. The first-order valence-corrected chi connectivity index (χ1v) is 5.71. The van der Waals surface area contributed by atoms with E-state index in [1.807, 2.05) is 0 Å². The normalized spacial score (nSPS) is 57.7. The summed E-state index contributed by atoms with van der Waals surface area (Å²) in [5, 5.41) is 1.73. The Bertz CT molecular complexity index is 358. The lowest BCUT2D eigenvalue weighted by atomic mass is 9.65. The molecule has 1 aliphatic heterocycles. The van der Waals surface area contributed by atoms with Crippen molar-refractivity contribution in [1.82, 2.24) is 5.01 Å². The first-order valence-electron chi connectivity index (χ1n) is 5.71. The highest BCUT2D eigenvalue weighted by Gasteiger charge is 2.79. The smallest absolute Gasteiger partial charge is 0.239 e. The Kier molecular flexibility index (Phi) is 1.43. The van der Waals surface area contributed by atoms with Crippen LogP contribution >= 0.6 is 0 Å². The van der Waals surface area contributed by atoms with Gasteiger partial charge in [-0.05, 0) is 30.6 Å². The third-order valence-electron chi connectivity index (χ3n) is 6.01. The van der Waals surface area contributed by atoms with Crippen LogP contribution < -0.4 is 11.6 Å². The lowest BCUT2D eigenvalue weighted by Gasteiger charge is -2.43. The summed E-state index contributed by atoms with van der Waals surface area (Å²) in [6.45, 7) is 5.30. The molecule has 4 bridgehead atoms. The van der Waals surface area contributed by atoms with Crippen molar-refractivity contribution in [2.45, 2.75) is 38.6 Å². The maximum atomic E-state index is 11.8. The van der Waals surface area contributed by atoms with Crippen LogP contribution in [-0.4, -0.2) is 23.0 Å². The number of piperidine rings is 1. The van der Waals surface area contributed by atoms with Crippen molar-refractivity contribution in [2.75, 3.05) is 6.54 Å². The van der Waals surface area contributed by atoms with Gasteiger partial charge in [0.2, 0.25) is 5.91 Å². The number of nitrogens with zero attached hydrogens (tertiary/aromatic N) is 1. The number of hydrazine groups is 1. The van der Waals surface area contributed by atoms with Gasteiger partial charge in [0.25, 0.3) is 0 Å². The highest BCUT2D eigenvalue weighted by molar-refractivity contribution is 5.87. The Morgan fingerprint density at radius 3 is 2.60 bits per heavy atom. The fraction of sp³-hybridized carbons (Fsp3) is 0.909. The topological polar surface area (TPSA) is 72.4 Å². The second kappa shape index (κ2) is 2.23. The molecule has 0 aromatic heterocycles. The van der Waals surface area contributed by atoms with Crippen LogP contribution in [0.5, 0.6) is 0 Å². The molecule has 4 nitrogen and oxygen atoms in total. The number of rotatable bonds is 1. The Morgan fingerprint density at radius 1 is 1.47 bits per heavy atom. The van der Waals surface area contributed by atoms with Gasteiger partial charge >= 0.3 is 0 Å². The molecule has 4 heteroatoms. The van der Waals surface area contributed by atoms with Crippen molar-refractivity contribution in [2.24, 2.45) is 28.3 Å². The van der Waals surface area contributed by atoms with Crippen LogP contribution in [0.2, 0.25) is 0 Å². The number of primary amides is 1. The van der Waals surface area contributed by atoms with E-state index in [0.29, 0.717) is 5.92 Å². The zero-order chi connectivity index (χ0) is 11.1. The molecule has 1 saturated heterocycles. The van der Waals surface area contributed by atoms with E-state index in [9.17, 15) is 4.79 Å². The minimum Gasteiger partial charge on any atom is -0.368 e. The zero-order valence-electron chi connectivity index (χ0n) is 9.42. The molecule has 3 fully saturated rings. The van der Waals surface area contributed by atoms with E-state index in [2.05, 4.69) is 13.8 Å². The Labute approximate surface area is 89.9 Å². The largest absolute Gasteiger partial charge is 0.368 e. The fourth-order valence-electron chi connectivity index (χ4n) is 4.85. The molecule has 3 aliphatic rings. The van der Waals surface area contributed by atoms with Crippen molar-refractivity contribution < 1.29 is 4.79 Å². The summed E-state index contributed by atoms with van der Waals surface area (Å²) in [5.41, 5.74) is 5.25. The minimum atomic E-state index is -0.565. The van der Waals surface area contributed by atoms with Crippen LogP contribution in [0.25, 0.3) is 0 Å². The third-order valence-corrected chi connectivity index (χ3v) is 6.01. The van der Waals surface area contributed by atoms with E-state index in [0.717, 1.165) is 19.4 Å². The van der Waals surface area contributed by atoms with E-state index in [1.54, 1.807) is 5.01 Å². The molecule has 0 aromatic rings. The van der Waals surface area contributed by atoms with E-state index in [1.165, 1.54) is 6.42 Å². The summed E-state index contributed by atoms with van der Waals surface area (Å²) in [7, 11) is 0. The van der Waals surface area contributed by atoms with Gasteiger partial charge in [0.05, 0.1) is 0 Å². The van der Waals surface area contributed by atoms with E-state index >= 15 is 0 Å². The maximum Gasteiger partial charge on any atom is 0.239 e. The molecule has 1 heterocycles. The summed E-state index contributed by atoms with van der Waals surface area (Å²) in [5.74, 6) is 6.46. The molecule has 15 heavy (non-hydrogen) atoms. The Balaban J connectivity index is 2.22. The molecule has 0 spiro atoms. The predicted octanol–water partition coefficient (Wildman–Crippen LogP) is 0.226. The molecule has 0 unspecified atom stereocenters. The molecule has 1 amide bonds. The number of carbonyl (C=O) groups excluding carboxylic acids is 1. The summed E-state index contributed by atoms with van der Waals surface area (Å²) < 4.78 is 0. The zero-order valence-corrected chi connectivity index (χ0v) is 9.42. The van der Waals surface area contributed by atoms with Gasteiger partial charge in [-0.1, -0.05) is 13.8 Å². The van der Waals surface area contributed by atoms with Crippen LogP contribution in [0.3, 0.4) is 0 Å². The van der Waals surface area contributed by atoms with Crippen molar-refractivity contribution in [3.63, 3.8) is 0 Å². The molecule has 84 valence electrons. The quantitative estimate of drug-likeness (QED) is 0.607. The second-order valence-electron chi connectivity index (χ2n) is 6.04. The van der Waals surface area contributed by atoms with Crippen molar-refractivity contribution in [1.29, 1.82) is 0 Å². The number of hydrogen-bond acceptors (Lipinski definition) is 3. The minimum absolute atomic E-state index is 0.00868. The molecule has 2 aliphatic carbocycles. The molecule has 3 rings (SSSR count). The molecular formula is C11H19N3O. The standard InChI is InChI=1S/C11H19N3O/c1-9-6-14(13)11(8(12)15)5-7(9)3-4-10(9,11)2/h7H,3-6,13H2,1-2H3,(H2,12,15)/t7-,9-,10+,11-/m0/s1. The van der Waals surface area contributed by atoms with Gasteiger partial charge in [0, 0.05) is 12.0 Å². The lowest BCUT2D eigenvalue weighted by molar-refractivity contribution is -0.135. The summed E-state index contributed by atoms with van der Waals surface area (Å²) in [6, 6.07) is 0. The molecule has 0 aromatic carbocycles. The molecular weight excluding hydrogens is 190 g/mol. The first-order chi connectivity index (χ1) is 6.88. The highest BCUT2D eigenvalue weighted by Crippen LogP contribution is 2.74. The Hall–Kier alpha value is -0.610. The second-order valence-corrected chi connectivity index (χ2v) is 6.04. The average Bonchev–Trinajstić information content (AvgIpc) is 2.55. The lowest BCUT2D eigenvalue weighted by Crippen LogP contribution is -2.63. The van der Waals surface area contributed by atoms with Crippen LogP contribution in [0.4, 0.5) is 0 Å². The number of hydrogen-bond donors (Lipinski definition) is 2. The van der Waals surface area contributed by atoms with E-state index < -0.39 is 5.54 Å². The number of amides is 1. The van der Waals surface area contributed by atoms with Crippen molar-refractivity contribution >= 4 is 5.91 Å². The summed E-state index contributed by atoms with van der Waals surface area (Å²) in [6.07, 6.45) is 3.19. The first kappa shape index (κ1) is 9.60. The average molecular weight is 209 g/mol. The summed E-state index contributed by atoms with van der Waals surface area (Å²) in [4.78, 5) is 11.8. The van der Waals surface area contributed by atoms with Gasteiger partial charge in [-0.2, -0.15) is 0 Å². The van der Waals surface area contributed by atoms with Gasteiger partial charge in [-0.15, -0.1) is 0 Å². The third kappa shape index (κ3) is 0.658. The van der Waals surface area contributed by atoms with Gasteiger partial charge in [0.15, 0.2) is 0 Å². The van der Waals surface area contributed by atoms with Gasteiger partial charge in [0.1, 0.15) is 5.54 Å². The molecule has 4 atom stereocenters. The van der Waals surface area contributed by atoms with Gasteiger partial charge < -0.3 is 5.73 Å². The monoisotopic (exact) mass is 209 g/mol. The summed E-state index contributed by atoms with van der Waals surface area (Å²) >= 11 is 0. The van der Waals surface area contributed by atoms with E-state index in [-0.39, 0.29) is 16.7 Å². The van der Waals surface area contributed by atoms with Crippen molar-refractivity contribution in [3.05, 3.63) is 0 Å². The van der Waals surface area contributed by atoms with E-state index in [4.69, 9.17) is 11.6 Å². The van der Waals surface area contributed by atoms with Gasteiger partial charge in [-0.25, -0.2) is 5.01 Å². The molecule has 4 N–H and O–H groups in total. The van der Waals surface area contributed by atoms with Crippen LogP contribution in [-0.2, 0) is 4.79 Å². The van der Waals surface area contributed by atoms with Crippen LogP contribution in [0.1, 0.15) is 33.1 Å². The maximum absolute atomic E-state index is 11.8. The van der Waals surface area contributed by atoms with Gasteiger partial charge in [-0.3, -0.25) is 10.6 Å².